The molecule has 2 nitrogen and oxygen atoms in total. The Hall–Kier alpha value is -1.31. The van der Waals surface area contributed by atoms with Crippen molar-refractivity contribution in [1.82, 2.24) is 0 Å². The molecule has 16 heavy (non-hydrogen) atoms. The number of ether oxygens (including phenoxy) is 1. The van der Waals surface area contributed by atoms with Gasteiger partial charge in [-0.15, -0.1) is 0 Å². The van der Waals surface area contributed by atoms with Crippen LogP contribution in [0.4, 0.5) is 0 Å². The molecule has 0 N–H and O–H groups in total. The Labute approximate surface area is 96.6 Å². The minimum Gasteiger partial charge on any atom is -0.488 e. The van der Waals surface area contributed by atoms with E-state index in [1.165, 1.54) is 12.8 Å². The molecule has 0 unspecified atom stereocenters. The Morgan fingerprint density at radius 3 is 2.62 bits per heavy atom. The van der Waals surface area contributed by atoms with Gasteiger partial charge in [-0.1, -0.05) is 12.1 Å². The fourth-order valence-corrected chi connectivity index (χ4v) is 2.29. The van der Waals surface area contributed by atoms with Crippen molar-refractivity contribution in [3.8, 4) is 5.75 Å². The van der Waals surface area contributed by atoms with Crippen LogP contribution < -0.4 is 4.74 Å². The molecule has 1 saturated carbocycles. The van der Waals surface area contributed by atoms with Gasteiger partial charge in [0, 0.05) is 5.56 Å². The van der Waals surface area contributed by atoms with Crippen LogP contribution in [0.5, 0.6) is 5.75 Å². The standard InChI is InChI=1S/C14H18O2/c1-11(15)12-6-5-7-13(10-12)16-14(2)8-3-4-9-14/h5-7,10H,3-4,8-9H2,1-2H3. The van der Waals surface area contributed by atoms with E-state index in [-0.39, 0.29) is 11.4 Å². The second-order valence-corrected chi connectivity index (χ2v) is 4.84. The quantitative estimate of drug-likeness (QED) is 0.724. The van der Waals surface area contributed by atoms with Gasteiger partial charge in [0.25, 0.3) is 0 Å². The Bertz CT molecular complexity index is 389. The smallest absolute Gasteiger partial charge is 0.159 e. The normalized spacial score (nSPS) is 18.4. The van der Waals surface area contributed by atoms with Crippen LogP contribution in [0, 0.1) is 0 Å². The van der Waals surface area contributed by atoms with Crippen molar-refractivity contribution in [3.05, 3.63) is 29.8 Å². The summed E-state index contributed by atoms with van der Waals surface area (Å²) in [4.78, 5) is 11.3. The highest BCUT2D eigenvalue weighted by Gasteiger charge is 2.30. The second-order valence-electron chi connectivity index (χ2n) is 4.84. The average Bonchev–Trinajstić information content (AvgIpc) is 2.65. The van der Waals surface area contributed by atoms with Crippen LogP contribution in [-0.2, 0) is 0 Å². The molecule has 86 valence electrons. The number of Topliss-reactive ketones (excluding diaryl/α,β-unsaturated/α-hetero) is 1. The van der Waals surface area contributed by atoms with E-state index in [1.54, 1.807) is 6.92 Å². The third-order valence-corrected chi connectivity index (χ3v) is 3.27. The fraction of sp³-hybridized carbons (Fsp3) is 0.500. The van der Waals surface area contributed by atoms with Crippen LogP contribution >= 0.6 is 0 Å². The molecule has 1 aromatic carbocycles. The van der Waals surface area contributed by atoms with Crippen molar-refractivity contribution in [2.45, 2.75) is 45.1 Å². The lowest BCUT2D eigenvalue weighted by atomic mass is 10.1. The van der Waals surface area contributed by atoms with Crippen molar-refractivity contribution in [1.29, 1.82) is 0 Å². The lowest BCUT2D eigenvalue weighted by molar-refractivity contribution is 0.0952. The van der Waals surface area contributed by atoms with Crippen LogP contribution in [0.1, 0.15) is 49.9 Å². The lowest BCUT2D eigenvalue weighted by Crippen LogP contribution is -2.28. The van der Waals surface area contributed by atoms with E-state index in [1.807, 2.05) is 24.3 Å². The summed E-state index contributed by atoms with van der Waals surface area (Å²) in [6, 6.07) is 7.47. The van der Waals surface area contributed by atoms with E-state index in [0.29, 0.717) is 0 Å². The van der Waals surface area contributed by atoms with Gasteiger partial charge in [0.2, 0.25) is 0 Å². The second kappa shape index (κ2) is 4.28. The largest absolute Gasteiger partial charge is 0.488 e. The minimum absolute atomic E-state index is 0.0323. The number of carbonyl (C=O) groups excluding carboxylic acids is 1. The third kappa shape index (κ3) is 2.43. The molecule has 0 aliphatic heterocycles. The van der Waals surface area contributed by atoms with Crippen molar-refractivity contribution < 1.29 is 9.53 Å². The number of benzene rings is 1. The molecule has 0 heterocycles. The lowest BCUT2D eigenvalue weighted by Gasteiger charge is -2.25. The Kier molecular flexibility index (Phi) is 2.99. The summed E-state index contributed by atoms with van der Waals surface area (Å²) in [7, 11) is 0. The summed E-state index contributed by atoms with van der Waals surface area (Å²) in [5, 5.41) is 0. The summed E-state index contributed by atoms with van der Waals surface area (Å²) in [6.07, 6.45) is 4.69. The number of rotatable bonds is 3. The number of ketones is 1. The SMILES string of the molecule is CC(=O)c1cccc(OC2(C)CCCC2)c1. The first-order valence-electron chi connectivity index (χ1n) is 5.89. The van der Waals surface area contributed by atoms with Gasteiger partial charge >= 0.3 is 0 Å². The first-order chi connectivity index (χ1) is 7.59. The minimum atomic E-state index is -0.0323. The van der Waals surface area contributed by atoms with Crippen molar-refractivity contribution >= 4 is 5.78 Å². The number of hydrogen-bond acceptors (Lipinski definition) is 2. The summed E-state index contributed by atoms with van der Waals surface area (Å²) in [5.41, 5.74) is 0.689. The number of hydrogen-bond donors (Lipinski definition) is 0. The topological polar surface area (TPSA) is 26.3 Å². The molecular formula is C14H18O2. The first-order valence-corrected chi connectivity index (χ1v) is 5.89. The summed E-state index contributed by atoms with van der Waals surface area (Å²) in [5.74, 6) is 0.902. The maximum absolute atomic E-state index is 11.3. The Morgan fingerprint density at radius 1 is 1.31 bits per heavy atom. The van der Waals surface area contributed by atoms with E-state index in [9.17, 15) is 4.79 Å². The van der Waals surface area contributed by atoms with E-state index in [4.69, 9.17) is 4.74 Å². The molecule has 0 radical (unpaired) electrons. The van der Waals surface area contributed by atoms with Gasteiger partial charge in [-0.25, -0.2) is 0 Å². The zero-order chi connectivity index (χ0) is 11.6. The molecule has 1 aliphatic rings. The molecule has 0 spiro atoms. The molecular weight excluding hydrogens is 200 g/mol. The summed E-state index contributed by atoms with van der Waals surface area (Å²) in [6.45, 7) is 3.73. The monoisotopic (exact) mass is 218 g/mol. The van der Waals surface area contributed by atoms with Crippen LogP contribution in [0.15, 0.2) is 24.3 Å². The molecule has 0 saturated heterocycles. The molecule has 1 aliphatic carbocycles. The molecule has 0 atom stereocenters. The molecule has 1 aromatic rings. The van der Waals surface area contributed by atoms with Crippen LogP contribution in [0.2, 0.25) is 0 Å². The maximum Gasteiger partial charge on any atom is 0.159 e. The predicted octanol–water partition coefficient (Wildman–Crippen LogP) is 3.60. The zero-order valence-corrected chi connectivity index (χ0v) is 9.95. The summed E-state index contributed by atoms with van der Waals surface area (Å²) < 4.78 is 6.00. The van der Waals surface area contributed by atoms with Gasteiger partial charge in [-0.3, -0.25) is 4.79 Å². The van der Waals surface area contributed by atoms with E-state index < -0.39 is 0 Å². The molecule has 1 fully saturated rings. The van der Waals surface area contributed by atoms with Gasteiger partial charge in [0.1, 0.15) is 11.4 Å². The highest BCUT2D eigenvalue weighted by atomic mass is 16.5. The molecule has 0 aromatic heterocycles. The van der Waals surface area contributed by atoms with E-state index in [0.717, 1.165) is 24.2 Å². The molecule has 2 rings (SSSR count). The maximum atomic E-state index is 11.3. The Morgan fingerprint density at radius 2 is 2.00 bits per heavy atom. The zero-order valence-electron chi connectivity index (χ0n) is 9.95. The highest BCUT2D eigenvalue weighted by Crippen LogP contribution is 2.34. The van der Waals surface area contributed by atoms with E-state index >= 15 is 0 Å². The Balaban J connectivity index is 2.15. The average molecular weight is 218 g/mol. The van der Waals surface area contributed by atoms with Crippen molar-refractivity contribution in [2.75, 3.05) is 0 Å². The van der Waals surface area contributed by atoms with Crippen molar-refractivity contribution in [2.24, 2.45) is 0 Å². The number of carbonyl (C=O) groups is 1. The molecule has 0 amide bonds. The van der Waals surface area contributed by atoms with Crippen LogP contribution in [0.3, 0.4) is 0 Å². The van der Waals surface area contributed by atoms with E-state index in [2.05, 4.69) is 6.92 Å². The van der Waals surface area contributed by atoms with Gasteiger partial charge in [0.05, 0.1) is 0 Å². The summed E-state index contributed by atoms with van der Waals surface area (Å²) >= 11 is 0. The van der Waals surface area contributed by atoms with Gasteiger partial charge in [-0.05, 0) is 51.7 Å². The highest BCUT2D eigenvalue weighted by molar-refractivity contribution is 5.94. The van der Waals surface area contributed by atoms with Gasteiger partial charge < -0.3 is 4.74 Å². The van der Waals surface area contributed by atoms with Crippen LogP contribution in [-0.4, -0.2) is 11.4 Å². The molecule has 2 heteroatoms. The van der Waals surface area contributed by atoms with Crippen molar-refractivity contribution in [3.63, 3.8) is 0 Å². The van der Waals surface area contributed by atoms with Gasteiger partial charge in [0.15, 0.2) is 5.78 Å². The third-order valence-electron chi connectivity index (χ3n) is 3.27. The van der Waals surface area contributed by atoms with Gasteiger partial charge in [-0.2, -0.15) is 0 Å². The fourth-order valence-electron chi connectivity index (χ4n) is 2.29. The first kappa shape index (κ1) is 11.2. The van der Waals surface area contributed by atoms with Crippen LogP contribution in [0.25, 0.3) is 0 Å². The predicted molar refractivity (Wildman–Crippen MR) is 63.9 cm³/mol. The molecule has 0 bridgehead atoms.